The van der Waals surface area contributed by atoms with E-state index in [-0.39, 0.29) is 11.1 Å². The molecule has 8 heteroatoms. The highest BCUT2D eigenvalue weighted by Gasteiger charge is 2.23. The molecular weight excluding hydrogens is 460 g/mol. The normalized spacial score (nSPS) is 14.5. The molecule has 0 saturated heterocycles. The summed E-state index contributed by atoms with van der Waals surface area (Å²) in [4.78, 5) is 27.6. The Kier molecular flexibility index (Phi) is 7.01. The molecule has 33 heavy (non-hydrogen) atoms. The van der Waals surface area contributed by atoms with Gasteiger partial charge in [0, 0.05) is 6.92 Å². The fourth-order valence-electron chi connectivity index (χ4n) is 3.41. The van der Waals surface area contributed by atoms with Crippen molar-refractivity contribution >= 4 is 57.2 Å². The average Bonchev–Trinajstić information content (AvgIpc) is 3.11. The minimum atomic E-state index is -0.422. The molecule has 1 heterocycles. The highest BCUT2D eigenvalue weighted by molar-refractivity contribution is 8.18. The molecule has 1 N–H and O–H groups in total. The number of carbonyl (C=O) groups is 2. The number of thioether (sulfide) groups is 1. The van der Waals surface area contributed by atoms with Gasteiger partial charge in [-0.15, -0.1) is 0 Å². The fraction of sp³-hybridized carbons (Fsp3) is 0.160. The van der Waals surface area contributed by atoms with Gasteiger partial charge < -0.3 is 14.8 Å². The van der Waals surface area contributed by atoms with Crippen LogP contribution in [0.1, 0.15) is 25.0 Å². The molecule has 0 spiro atoms. The monoisotopic (exact) mass is 480 g/mol. The number of ether oxygens (including phenoxy) is 2. The van der Waals surface area contributed by atoms with E-state index < -0.39 is 5.91 Å². The number of fused-ring (bicyclic) bond motifs is 1. The van der Waals surface area contributed by atoms with Gasteiger partial charge in [-0.1, -0.05) is 54.1 Å². The number of benzene rings is 3. The number of nitrogens with zero attached hydrogens (tertiary/aromatic N) is 1. The number of amidine groups is 1. The van der Waals surface area contributed by atoms with Crippen LogP contribution in [-0.4, -0.2) is 23.6 Å². The molecule has 0 fully saturated rings. The molecule has 3 aromatic rings. The van der Waals surface area contributed by atoms with Crippen LogP contribution in [0.5, 0.6) is 11.5 Å². The molecule has 4 rings (SSSR count). The van der Waals surface area contributed by atoms with E-state index in [0.717, 1.165) is 28.1 Å². The van der Waals surface area contributed by atoms with Crippen molar-refractivity contribution < 1.29 is 19.1 Å². The van der Waals surface area contributed by atoms with E-state index in [0.29, 0.717) is 40.2 Å². The van der Waals surface area contributed by atoms with Gasteiger partial charge in [-0.05, 0) is 58.8 Å². The van der Waals surface area contributed by atoms with E-state index in [9.17, 15) is 9.59 Å². The van der Waals surface area contributed by atoms with Crippen LogP contribution >= 0.6 is 23.4 Å². The molecule has 0 atom stereocenters. The molecule has 6 nitrogen and oxygen atoms in total. The summed E-state index contributed by atoms with van der Waals surface area (Å²) in [6.07, 6.45) is 1.66. The highest BCUT2D eigenvalue weighted by atomic mass is 35.5. The van der Waals surface area contributed by atoms with Gasteiger partial charge >= 0.3 is 0 Å². The fourth-order valence-corrected chi connectivity index (χ4v) is 4.54. The molecule has 0 aromatic heterocycles. The standard InChI is InChI=1S/C25H21ClN2O4S/c1-3-31-21-12-16(13-22-24(30)28-25(33-22)27-15(2)29)11-20(26)23(21)32-14-18-9-6-8-17-7-4-5-10-19(17)18/h4-13H,3,14H2,1-2H3,(H,27,28,29,30)/b22-13+. The summed E-state index contributed by atoms with van der Waals surface area (Å²) in [5.41, 5.74) is 1.70. The van der Waals surface area contributed by atoms with Crippen molar-refractivity contribution in [2.45, 2.75) is 20.5 Å². The van der Waals surface area contributed by atoms with Gasteiger partial charge in [-0.25, -0.2) is 0 Å². The van der Waals surface area contributed by atoms with Gasteiger partial charge in [0.1, 0.15) is 6.61 Å². The van der Waals surface area contributed by atoms with Crippen molar-refractivity contribution in [3.63, 3.8) is 0 Å². The van der Waals surface area contributed by atoms with Gasteiger partial charge in [0.25, 0.3) is 5.91 Å². The topological polar surface area (TPSA) is 77.0 Å². The minimum Gasteiger partial charge on any atom is -0.490 e. The summed E-state index contributed by atoms with van der Waals surface area (Å²) in [6.45, 7) is 3.98. The van der Waals surface area contributed by atoms with Crippen LogP contribution in [0, 0.1) is 0 Å². The Hall–Kier alpha value is -3.29. The van der Waals surface area contributed by atoms with E-state index in [4.69, 9.17) is 21.1 Å². The van der Waals surface area contributed by atoms with Crippen LogP contribution in [0.2, 0.25) is 5.02 Å². The number of amides is 2. The van der Waals surface area contributed by atoms with Gasteiger partial charge in [0.2, 0.25) is 5.91 Å². The zero-order valence-electron chi connectivity index (χ0n) is 18.1. The number of hydrogen-bond donors (Lipinski definition) is 1. The zero-order valence-corrected chi connectivity index (χ0v) is 19.6. The third-order valence-corrected chi connectivity index (χ3v) is 5.96. The van der Waals surface area contributed by atoms with Gasteiger partial charge in [-0.3, -0.25) is 9.59 Å². The smallest absolute Gasteiger partial charge is 0.286 e. The predicted octanol–water partition coefficient (Wildman–Crippen LogP) is 5.58. The molecule has 2 amide bonds. The molecule has 1 aliphatic heterocycles. The number of rotatable bonds is 6. The van der Waals surface area contributed by atoms with E-state index >= 15 is 0 Å². The third kappa shape index (κ3) is 5.38. The maximum atomic E-state index is 12.2. The number of aliphatic imine (C=N–C) groups is 1. The molecule has 0 aliphatic carbocycles. The van der Waals surface area contributed by atoms with Crippen molar-refractivity contribution in [2.75, 3.05) is 6.61 Å². The first-order chi connectivity index (χ1) is 15.9. The largest absolute Gasteiger partial charge is 0.490 e. The van der Waals surface area contributed by atoms with Crippen molar-refractivity contribution in [1.29, 1.82) is 0 Å². The Morgan fingerprint density at radius 2 is 1.94 bits per heavy atom. The SMILES string of the molecule is CCOc1cc(/C=C2/SC(NC(C)=O)=NC2=O)cc(Cl)c1OCc1cccc2ccccc12. The summed E-state index contributed by atoms with van der Waals surface area (Å²) in [5, 5.41) is 5.40. The first kappa shape index (κ1) is 22.9. The van der Waals surface area contributed by atoms with E-state index in [1.165, 1.54) is 6.92 Å². The van der Waals surface area contributed by atoms with Crippen LogP contribution in [0.15, 0.2) is 64.5 Å². The molecule has 0 bridgehead atoms. The summed E-state index contributed by atoms with van der Waals surface area (Å²) >= 11 is 7.66. The Morgan fingerprint density at radius 3 is 2.73 bits per heavy atom. The third-order valence-electron chi connectivity index (χ3n) is 4.78. The van der Waals surface area contributed by atoms with Gasteiger partial charge in [0.15, 0.2) is 16.7 Å². The van der Waals surface area contributed by atoms with Crippen molar-refractivity contribution in [3.05, 3.63) is 75.7 Å². The second-order valence-electron chi connectivity index (χ2n) is 7.20. The maximum Gasteiger partial charge on any atom is 0.286 e. The molecule has 0 saturated carbocycles. The second kappa shape index (κ2) is 10.1. The summed E-state index contributed by atoms with van der Waals surface area (Å²) in [5.74, 6) is 0.212. The van der Waals surface area contributed by atoms with Crippen molar-refractivity contribution in [2.24, 2.45) is 4.99 Å². The van der Waals surface area contributed by atoms with Crippen molar-refractivity contribution in [1.82, 2.24) is 5.32 Å². The number of nitrogens with one attached hydrogen (secondary N) is 1. The minimum absolute atomic E-state index is 0.255. The van der Waals surface area contributed by atoms with Crippen LogP contribution < -0.4 is 14.8 Å². The highest BCUT2D eigenvalue weighted by Crippen LogP contribution is 2.39. The molecular formula is C25H21ClN2O4S. The maximum absolute atomic E-state index is 12.2. The predicted molar refractivity (Wildman–Crippen MR) is 133 cm³/mol. The first-order valence-electron chi connectivity index (χ1n) is 10.3. The Bertz CT molecular complexity index is 1300. The molecule has 168 valence electrons. The van der Waals surface area contributed by atoms with Gasteiger partial charge in [0.05, 0.1) is 16.5 Å². The lowest BCUT2D eigenvalue weighted by atomic mass is 10.1. The summed E-state index contributed by atoms with van der Waals surface area (Å²) < 4.78 is 11.9. The van der Waals surface area contributed by atoms with Gasteiger partial charge in [-0.2, -0.15) is 4.99 Å². The lowest BCUT2D eigenvalue weighted by Gasteiger charge is -2.15. The van der Waals surface area contributed by atoms with E-state index in [1.807, 2.05) is 31.2 Å². The lowest BCUT2D eigenvalue weighted by molar-refractivity contribution is -0.117. The second-order valence-corrected chi connectivity index (χ2v) is 8.64. The molecule has 0 radical (unpaired) electrons. The van der Waals surface area contributed by atoms with E-state index in [2.05, 4.69) is 28.5 Å². The van der Waals surface area contributed by atoms with Crippen LogP contribution in [0.25, 0.3) is 16.8 Å². The Labute approximate surface area is 200 Å². The lowest BCUT2D eigenvalue weighted by Crippen LogP contribution is -2.23. The van der Waals surface area contributed by atoms with Crippen LogP contribution in [0.4, 0.5) is 0 Å². The number of halogens is 1. The quantitative estimate of drug-likeness (QED) is 0.466. The van der Waals surface area contributed by atoms with Crippen LogP contribution in [0.3, 0.4) is 0 Å². The Morgan fingerprint density at radius 1 is 1.15 bits per heavy atom. The summed E-state index contributed by atoms with van der Waals surface area (Å²) in [6, 6.07) is 17.7. The van der Waals surface area contributed by atoms with Crippen LogP contribution in [-0.2, 0) is 16.2 Å². The molecule has 3 aromatic carbocycles. The van der Waals surface area contributed by atoms with Crippen molar-refractivity contribution in [3.8, 4) is 11.5 Å². The molecule has 0 unspecified atom stereocenters. The molecule has 1 aliphatic rings. The first-order valence-corrected chi connectivity index (χ1v) is 11.5. The van der Waals surface area contributed by atoms with E-state index in [1.54, 1.807) is 18.2 Å². The number of carbonyl (C=O) groups excluding carboxylic acids is 2. The number of hydrogen-bond acceptors (Lipinski definition) is 5. The Balaban J connectivity index is 1.59. The summed E-state index contributed by atoms with van der Waals surface area (Å²) in [7, 11) is 0. The average molecular weight is 481 g/mol. The zero-order chi connectivity index (χ0) is 23.4.